The van der Waals surface area contributed by atoms with E-state index < -0.39 is 0 Å². The van der Waals surface area contributed by atoms with Crippen LogP contribution in [0.4, 0.5) is 0 Å². The Morgan fingerprint density at radius 3 is 2.65 bits per heavy atom. The summed E-state index contributed by atoms with van der Waals surface area (Å²) in [5.41, 5.74) is 1.65. The van der Waals surface area contributed by atoms with Gasteiger partial charge in [0.2, 0.25) is 17.5 Å². The molecule has 104 valence electrons. The summed E-state index contributed by atoms with van der Waals surface area (Å²) in [7, 11) is 2.91. The monoisotopic (exact) mass is 336 g/mol. The second-order valence-electron chi connectivity index (χ2n) is 4.08. The summed E-state index contributed by atoms with van der Waals surface area (Å²) in [5.74, 6) is 0.178. The topological polar surface area (TPSA) is 61.3 Å². The van der Waals surface area contributed by atoms with Crippen LogP contribution in [0.1, 0.15) is 21.6 Å². The van der Waals surface area contributed by atoms with Gasteiger partial charge in [-0.2, -0.15) is 4.98 Å². The number of aryl methyl sites for hydroxylation is 1. The molecule has 0 aliphatic rings. The van der Waals surface area contributed by atoms with Crippen LogP contribution in [0.5, 0.6) is 11.8 Å². The van der Waals surface area contributed by atoms with Crippen LogP contribution in [0.15, 0.2) is 28.9 Å². The molecule has 0 saturated heterocycles. The van der Waals surface area contributed by atoms with Gasteiger partial charge in [0, 0.05) is 10.0 Å². The van der Waals surface area contributed by atoms with E-state index in [4.69, 9.17) is 9.47 Å². The molecular formula is C14H13BrN2O3. The van der Waals surface area contributed by atoms with E-state index >= 15 is 0 Å². The number of methoxy groups -OCH3 is 2. The number of hydrogen-bond acceptors (Lipinski definition) is 5. The average Bonchev–Trinajstić information content (AvgIpc) is 2.48. The van der Waals surface area contributed by atoms with Gasteiger partial charge >= 0.3 is 0 Å². The largest absolute Gasteiger partial charge is 0.480 e. The molecule has 0 radical (unpaired) electrons. The van der Waals surface area contributed by atoms with E-state index in [1.807, 2.05) is 19.1 Å². The van der Waals surface area contributed by atoms with Gasteiger partial charge in [-0.05, 0) is 19.1 Å². The van der Waals surface area contributed by atoms with Crippen molar-refractivity contribution in [1.82, 2.24) is 9.97 Å². The summed E-state index contributed by atoms with van der Waals surface area (Å²) in [4.78, 5) is 20.7. The number of ether oxygens (including phenoxy) is 2. The van der Waals surface area contributed by atoms with Crippen LogP contribution in [-0.2, 0) is 0 Å². The fourth-order valence-corrected chi connectivity index (χ4v) is 2.12. The standard InChI is InChI=1S/C14H13BrN2O3/c1-8-4-5-10(15)9(6-8)13(18)12-14(20-3)17-11(19-2)7-16-12/h4-7H,1-3H3. The molecule has 6 heteroatoms. The van der Waals surface area contributed by atoms with Gasteiger partial charge in [0.05, 0.1) is 20.4 Å². The molecule has 1 aromatic carbocycles. The van der Waals surface area contributed by atoms with E-state index in [2.05, 4.69) is 25.9 Å². The van der Waals surface area contributed by atoms with Crippen molar-refractivity contribution in [2.75, 3.05) is 14.2 Å². The lowest BCUT2D eigenvalue weighted by Gasteiger charge is -2.09. The molecule has 0 N–H and O–H groups in total. The number of ketones is 1. The van der Waals surface area contributed by atoms with Crippen LogP contribution >= 0.6 is 15.9 Å². The predicted molar refractivity (Wildman–Crippen MR) is 77.4 cm³/mol. The summed E-state index contributed by atoms with van der Waals surface area (Å²) in [6.07, 6.45) is 1.39. The molecule has 0 atom stereocenters. The quantitative estimate of drug-likeness (QED) is 0.803. The molecule has 1 aromatic heterocycles. The van der Waals surface area contributed by atoms with Gasteiger partial charge in [-0.25, -0.2) is 4.98 Å². The predicted octanol–water partition coefficient (Wildman–Crippen LogP) is 2.80. The first kappa shape index (κ1) is 14.5. The Bertz CT molecular complexity index is 659. The number of nitrogens with zero attached hydrogens (tertiary/aromatic N) is 2. The van der Waals surface area contributed by atoms with Crippen molar-refractivity contribution < 1.29 is 14.3 Å². The minimum absolute atomic E-state index is 0.141. The third-order valence-electron chi connectivity index (χ3n) is 2.70. The van der Waals surface area contributed by atoms with Gasteiger partial charge < -0.3 is 9.47 Å². The molecule has 0 fully saturated rings. The Hall–Kier alpha value is -1.95. The third-order valence-corrected chi connectivity index (χ3v) is 3.39. The summed E-state index contributed by atoms with van der Waals surface area (Å²) < 4.78 is 10.8. The highest BCUT2D eigenvalue weighted by Crippen LogP contribution is 2.25. The lowest BCUT2D eigenvalue weighted by atomic mass is 10.1. The van der Waals surface area contributed by atoms with E-state index in [-0.39, 0.29) is 17.4 Å². The molecule has 0 amide bonds. The van der Waals surface area contributed by atoms with Crippen molar-refractivity contribution >= 4 is 21.7 Å². The van der Waals surface area contributed by atoms with E-state index in [0.717, 1.165) is 5.56 Å². The SMILES string of the molecule is COc1cnc(C(=O)c2cc(C)ccc2Br)c(OC)n1. The molecule has 2 rings (SSSR count). The summed E-state index contributed by atoms with van der Waals surface area (Å²) in [6, 6.07) is 5.53. The second kappa shape index (κ2) is 6.00. The number of halogens is 1. The summed E-state index contributed by atoms with van der Waals surface area (Å²) >= 11 is 3.37. The highest BCUT2D eigenvalue weighted by Gasteiger charge is 2.20. The minimum atomic E-state index is -0.257. The maximum atomic E-state index is 12.5. The van der Waals surface area contributed by atoms with E-state index in [9.17, 15) is 4.79 Å². The van der Waals surface area contributed by atoms with Gasteiger partial charge in [0.25, 0.3) is 0 Å². The number of carbonyl (C=O) groups is 1. The number of benzene rings is 1. The number of aromatic nitrogens is 2. The molecule has 5 nitrogen and oxygen atoms in total. The van der Waals surface area contributed by atoms with Crippen molar-refractivity contribution in [3.8, 4) is 11.8 Å². The van der Waals surface area contributed by atoms with Crippen molar-refractivity contribution in [2.45, 2.75) is 6.92 Å². The first-order valence-corrected chi connectivity index (χ1v) is 6.62. The van der Waals surface area contributed by atoms with E-state index in [0.29, 0.717) is 15.9 Å². The number of carbonyl (C=O) groups excluding carboxylic acids is 1. The van der Waals surface area contributed by atoms with Crippen molar-refractivity contribution in [3.63, 3.8) is 0 Å². The molecule has 0 unspecified atom stereocenters. The lowest BCUT2D eigenvalue weighted by molar-refractivity contribution is 0.102. The molecule has 0 aliphatic heterocycles. The Morgan fingerprint density at radius 2 is 2.00 bits per heavy atom. The molecular weight excluding hydrogens is 324 g/mol. The summed E-state index contributed by atoms with van der Waals surface area (Å²) in [6.45, 7) is 1.92. The van der Waals surface area contributed by atoms with Crippen LogP contribution in [0, 0.1) is 6.92 Å². The molecule has 0 bridgehead atoms. The highest BCUT2D eigenvalue weighted by molar-refractivity contribution is 9.10. The van der Waals surface area contributed by atoms with Gasteiger partial charge in [-0.1, -0.05) is 27.6 Å². The first-order chi connectivity index (χ1) is 9.56. The Morgan fingerprint density at radius 1 is 1.25 bits per heavy atom. The van der Waals surface area contributed by atoms with Crippen molar-refractivity contribution in [2.24, 2.45) is 0 Å². The van der Waals surface area contributed by atoms with E-state index in [1.54, 1.807) is 6.07 Å². The average molecular weight is 337 g/mol. The lowest BCUT2D eigenvalue weighted by Crippen LogP contribution is -2.09. The van der Waals surface area contributed by atoms with E-state index in [1.165, 1.54) is 20.4 Å². The zero-order valence-electron chi connectivity index (χ0n) is 11.3. The van der Waals surface area contributed by atoms with Gasteiger partial charge in [-0.15, -0.1) is 0 Å². The van der Waals surface area contributed by atoms with Crippen LogP contribution < -0.4 is 9.47 Å². The maximum Gasteiger partial charge on any atom is 0.247 e. The zero-order chi connectivity index (χ0) is 14.7. The Balaban J connectivity index is 2.50. The van der Waals surface area contributed by atoms with Gasteiger partial charge in [0.1, 0.15) is 0 Å². The molecule has 0 spiro atoms. The molecule has 1 heterocycles. The van der Waals surface area contributed by atoms with Crippen LogP contribution in [0.25, 0.3) is 0 Å². The smallest absolute Gasteiger partial charge is 0.247 e. The summed E-state index contributed by atoms with van der Waals surface area (Å²) in [5, 5.41) is 0. The minimum Gasteiger partial charge on any atom is -0.480 e. The number of hydrogen-bond donors (Lipinski definition) is 0. The molecule has 0 aliphatic carbocycles. The molecule has 2 aromatic rings. The normalized spacial score (nSPS) is 10.2. The van der Waals surface area contributed by atoms with Crippen LogP contribution in [0.3, 0.4) is 0 Å². The number of rotatable bonds is 4. The second-order valence-corrected chi connectivity index (χ2v) is 4.94. The Kier molecular flexibility index (Phi) is 4.34. The zero-order valence-corrected chi connectivity index (χ0v) is 12.9. The van der Waals surface area contributed by atoms with Crippen molar-refractivity contribution in [3.05, 3.63) is 45.7 Å². The van der Waals surface area contributed by atoms with Crippen molar-refractivity contribution in [1.29, 1.82) is 0 Å². The van der Waals surface area contributed by atoms with Crippen LogP contribution in [-0.4, -0.2) is 30.0 Å². The van der Waals surface area contributed by atoms with Crippen LogP contribution in [0.2, 0.25) is 0 Å². The first-order valence-electron chi connectivity index (χ1n) is 5.82. The maximum absolute atomic E-state index is 12.5. The molecule has 20 heavy (non-hydrogen) atoms. The third kappa shape index (κ3) is 2.80. The molecule has 0 saturated carbocycles. The fraction of sp³-hybridized carbons (Fsp3) is 0.214. The Labute approximate surface area is 125 Å². The van der Waals surface area contributed by atoms with Gasteiger partial charge in [-0.3, -0.25) is 4.79 Å². The highest BCUT2D eigenvalue weighted by atomic mass is 79.9. The fourth-order valence-electron chi connectivity index (χ4n) is 1.69. The van der Waals surface area contributed by atoms with Gasteiger partial charge in [0.15, 0.2) is 5.69 Å².